The van der Waals surface area contributed by atoms with Gasteiger partial charge in [-0.3, -0.25) is 4.79 Å². The van der Waals surface area contributed by atoms with Gasteiger partial charge in [0, 0.05) is 38.9 Å². The van der Waals surface area contributed by atoms with Crippen LogP contribution in [0.1, 0.15) is 32.1 Å². The Bertz CT molecular complexity index is 908. The van der Waals surface area contributed by atoms with Gasteiger partial charge in [0.05, 0.1) is 13.2 Å². The lowest BCUT2D eigenvalue weighted by atomic mass is 9.83. The molecule has 10 heteroatoms. The van der Waals surface area contributed by atoms with Crippen LogP contribution in [-0.2, 0) is 9.53 Å². The van der Waals surface area contributed by atoms with Crippen molar-refractivity contribution in [3.05, 3.63) is 18.3 Å². The van der Waals surface area contributed by atoms with Crippen LogP contribution in [0, 0.1) is 0 Å². The maximum Gasteiger partial charge on any atom is 0.322 e. The highest BCUT2D eigenvalue weighted by Crippen LogP contribution is 2.34. The van der Waals surface area contributed by atoms with Crippen molar-refractivity contribution in [1.82, 2.24) is 24.8 Å². The van der Waals surface area contributed by atoms with E-state index < -0.39 is 5.60 Å². The Kier molecular flexibility index (Phi) is 6.17. The first-order chi connectivity index (χ1) is 15.0. The minimum absolute atomic E-state index is 0.0590. The predicted molar refractivity (Wildman–Crippen MR) is 116 cm³/mol. The number of hydrogen-bond acceptors (Lipinski definition) is 9. The molecule has 2 fully saturated rings. The molecule has 2 N–H and O–H groups in total. The van der Waals surface area contributed by atoms with Crippen LogP contribution in [0.3, 0.4) is 0 Å². The van der Waals surface area contributed by atoms with Gasteiger partial charge in [0.1, 0.15) is 5.82 Å². The quantitative estimate of drug-likeness (QED) is 0.757. The van der Waals surface area contributed by atoms with Crippen LogP contribution >= 0.6 is 0 Å². The molecule has 1 amide bonds. The largest absolute Gasteiger partial charge is 0.447 e. The average molecular weight is 428 g/mol. The molecule has 0 bridgehead atoms. The summed E-state index contributed by atoms with van der Waals surface area (Å²) in [6.07, 6.45) is 5.84. The number of nitrogens with two attached hydrogens (primary N) is 1. The molecule has 0 unspecified atom stereocenters. The molecule has 166 valence electrons. The minimum atomic E-state index is -0.956. The monoisotopic (exact) mass is 427 g/mol. The molecule has 2 aromatic rings. The van der Waals surface area contributed by atoms with E-state index in [1.807, 2.05) is 11.0 Å². The molecule has 1 aliphatic heterocycles. The van der Waals surface area contributed by atoms with Gasteiger partial charge in [-0.05, 0) is 37.8 Å². The molecule has 0 aromatic carbocycles. The summed E-state index contributed by atoms with van der Waals surface area (Å²) in [5.74, 6) is 1.29. The maximum atomic E-state index is 13.1. The fraction of sp³-hybridized carbons (Fsp3) is 0.571. The van der Waals surface area contributed by atoms with Crippen LogP contribution in [0.15, 0.2) is 18.3 Å². The first kappa shape index (κ1) is 21.2. The zero-order chi connectivity index (χ0) is 21.8. The first-order valence-electron chi connectivity index (χ1n) is 10.7. The summed E-state index contributed by atoms with van der Waals surface area (Å²) in [5, 5.41) is 0. The summed E-state index contributed by atoms with van der Waals surface area (Å²) >= 11 is 0. The summed E-state index contributed by atoms with van der Waals surface area (Å²) < 4.78 is 11.8. The SMILES string of the molecule is CN(C)C(=O)C1(Oc2nc(-c3ccc(N)nc3)nc(N3CCOCC3)n2)CCCCC1. The first-order valence-corrected chi connectivity index (χ1v) is 10.7. The number of ether oxygens (including phenoxy) is 2. The highest BCUT2D eigenvalue weighted by atomic mass is 16.5. The summed E-state index contributed by atoms with van der Waals surface area (Å²) in [4.78, 5) is 34.6. The summed E-state index contributed by atoms with van der Waals surface area (Å²) in [5.41, 5.74) is 5.48. The maximum absolute atomic E-state index is 13.1. The number of carbonyl (C=O) groups is 1. The van der Waals surface area contributed by atoms with Crippen LogP contribution in [0.2, 0.25) is 0 Å². The van der Waals surface area contributed by atoms with E-state index in [1.54, 1.807) is 31.3 Å². The van der Waals surface area contributed by atoms with E-state index in [4.69, 9.17) is 15.2 Å². The fourth-order valence-corrected chi connectivity index (χ4v) is 4.03. The molecule has 10 nitrogen and oxygen atoms in total. The minimum Gasteiger partial charge on any atom is -0.447 e. The second-order valence-corrected chi connectivity index (χ2v) is 8.17. The number of likely N-dealkylation sites (N-methyl/N-ethyl adjacent to an activating group) is 1. The molecular formula is C21H29N7O3. The summed E-state index contributed by atoms with van der Waals surface area (Å²) in [7, 11) is 3.50. The lowest BCUT2D eigenvalue weighted by molar-refractivity contribution is -0.149. The van der Waals surface area contributed by atoms with E-state index in [2.05, 4.69) is 19.9 Å². The van der Waals surface area contributed by atoms with Gasteiger partial charge in [0.25, 0.3) is 5.91 Å². The molecule has 0 atom stereocenters. The molecule has 1 aliphatic carbocycles. The van der Waals surface area contributed by atoms with Gasteiger partial charge in [-0.15, -0.1) is 0 Å². The van der Waals surface area contributed by atoms with Gasteiger partial charge in [-0.1, -0.05) is 6.42 Å². The second kappa shape index (κ2) is 9.01. The van der Waals surface area contributed by atoms with E-state index in [1.165, 1.54) is 0 Å². The van der Waals surface area contributed by atoms with Crippen molar-refractivity contribution in [2.24, 2.45) is 0 Å². The molecule has 3 heterocycles. The van der Waals surface area contributed by atoms with E-state index in [-0.39, 0.29) is 11.9 Å². The Morgan fingerprint density at radius 1 is 1.13 bits per heavy atom. The number of nitrogen functional groups attached to an aromatic ring is 1. The van der Waals surface area contributed by atoms with E-state index in [0.717, 1.165) is 19.3 Å². The third-order valence-corrected chi connectivity index (χ3v) is 5.69. The van der Waals surface area contributed by atoms with Crippen LogP contribution < -0.4 is 15.4 Å². The number of hydrogen-bond donors (Lipinski definition) is 1. The zero-order valence-electron chi connectivity index (χ0n) is 18.1. The number of carbonyl (C=O) groups excluding carboxylic acids is 1. The van der Waals surface area contributed by atoms with Crippen LogP contribution in [0.25, 0.3) is 11.4 Å². The Hall–Kier alpha value is -3.01. The Balaban J connectivity index is 1.73. The zero-order valence-corrected chi connectivity index (χ0v) is 18.1. The molecule has 4 rings (SSSR count). The normalized spacial score (nSPS) is 18.5. The molecule has 1 saturated carbocycles. The van der Waals surface area contributed by atoms with Crippen molar-refractivity contribution in [3.63, 3.8) is 0 Å². The average Bonchev–Trinajstić information content (AvgIpc) is 2.80. The number of amides is 1. The molecule has 1 saturated heterocycles. The van der Waals surface area contributed by atoms with Crippen LogP contribution in [0.4, 0.5) is 11.8 Å². The van der Waals surface area contributed by atoms with Crippen molar-refractivity contribution >= 4 is 17.7 Å². The molecule has 2 aromatic heterocycles. The van der Waals surface area contributed by atoms with Gasteiger partial charge in [-0.25, -0.2) is 4.98 Å². The van der Waals surface area contributed by atoms with Gasteiger partial charge < -0.3 is 25.0 Å². The third kappa shape index (κ3) is 4.68. The molecule has 2 aliphatic rings. The number of aromatic nitrogens is 4. The molecule has 0 spiro atoms. The molecular weight excluding hydrogens is 398 g/mol. The lowest BCUT2D eigenvalue weighted by Gasteiger charge is -2.37. The number of rotatable bonds is 5. The number of anilines is 2. The number of morpholine rings is 1. The highest BCUT2D eigenvalue weighted by Gasteiger charge is 2.44. The second-order valence-electron chi connectivity index (χ2n) is 8.17. The fourth-order valence-electron chi connectivity index (χ4n) is 4.03. The molecule has 0 radical (unpaired) electrons. The Labute approximate surface area is 181 Å². The standard InChI is InChI=1S/C21H29N7O3/c1-27(2)18(29)21(8-4-3-5-9-21)31-20-25-17(15-6-7-16(22)23-14-15)24-19(26-20)28-10-12-30-13-11-28/h6-7,14H,3-5,8-13H2,1-2H3,(H2,22,23). The third-order valence-electron chi connectivity index (χ3n) is 5.69. The van der Waals surface area contributed by atoms with Crippen molar-refractivity contribution in [3.8, 4) is 17.4 Å². The molecule has 31 heavy (non-hydrogen) atoms. The van der Waals surface area contributed by atoms with Crippen molar-refractivity contribution in [1.29, 1.82) is 0 Å². The van der Waals surface area contributed by atoms with Crippen LogP contribution in [0.5, 0.6) is 6.01 Å². The van der Waals surface area contributed by atoms with Gasteiger partial charge in [0.15, 0.2) is 11.4 Å². The van der Waals surface area contributed by atoms with E-state index in [9.17, 15) is 4.79 Å². The lowest BCUT2D eigenvalue weighted by Crippen LogP contribution is -2.52. The smallest absolute Gasteiger partial charge is 0.322 e. The van der Waals surface area contributed by atoms with Gasteiger partial charge >= 0.3 is 6.01 Å². The van der Waals surface area contributed by atoms with Gasteiger partial charge in [-0.2, -0.15) is 15.0 Å². The van der Waals surface area contributed by atoms with E-state index in [0.29, 0.717) is 62.3 Å². The van der Waals surface area contributed by atoms with Crippen molar-refractivity contribution < 1.29 is 14.3 Å². The number of pyridine rings is 1. The van der Waals surface area contributed by atoms with Crippen molar-refractivity contribution in [2.45, 2.75) is 37.7 Å². The predicted octanol–water partition coefficient (Wildman–Crippen LogP) is 1.52. The topological polar surface area (TPSA) is 120 Å². The number of nitrogens with zero attached hydrogens (tertiary/aromatic N) is 6. The van der Waals surface area contributed by atoms with Crippen molar-refractivity contribution in [2.75, 3.05) is 51.0 Å². The summed E-state index contributed by atoms with van der Waals surface area (Å²) in [6.45, 7) is 2.54. The Morgan fingerprint density at radius 3 is 2.52 bits per heavy atom. The van der Waals surface area contributed by atoms with Gasteiger partial charge in [0.2, 0.25) is 5.95 Å². The van der Waals surface area contributed by atoms with Crippen LogP contribution in [-0.4, -0.2) is 76.7 Å². The van der Waals surface area contributed by atoms with E-state index >= 15 is 0 Å². The highest BCUT2D eigenvalue weighted by molar-refractivity contribution is 5.85. The summed E-state index contributed by atoms with van der Waals surface area (Å²) in [6, 6.07) is 3.67. The Morgan fingerprint density at radius 2 is 1.87 bits per heavy atom.